The van der Waals surface area contributed by atoms with E-state index in [1.165, 1.54) is 7.05 Å². The smallest absolute Gasteiger partial charge is 0.321 e. The van der Waals surface area contributed by atoms with Crippen molar-refractivity contribution < 1.29 is 14.3 Å². The second kappa shape index (κ2) is 9.11. The molecule has 1 unspecified atom stereocenters. The van der Waals surface area contributed by atoms with Crippen molar-refractivity contribution in [2.45, 2.75) is 25.8 Å². The molecule has 0 saturated heterocycles. The Kier molecular flexibility index (Phi) is 8.46. The highest BCUT2D eigenvalue weighted by atomic mass is 16.5. The Bertz CT molecular complexity index is 221. The van der Waals surface area contributed by atoms with E-state index in [2.05, 4.69) is 16.0 Å². The zero-order valence-electron chi connectivity index (χ0n) is 10.1. The summed E-state index contributed by atoms with van der Waals surface area (Å²) < 4.78 is 4.90. The quantitative estimate of drug-likeness (QED) is 0.532. The number of rotatable bonds is 7. The van der Waals surface area contributed by atoms with Crippen molar-refractivity contribution in [1.82, 2.24) is 16.0 Å². The summed E-state index contributed by atoms with van der Waals surface area (Å²) in [5.74, 6) is -0.328. The number of amides is 3. The molecule has 3 amide bonds. The van der Waals surface area contributed by atoms with Gasteiger partial charge in [-0.3, -0.25) is 10.1 Å². The Labute approximate surface area is 96.1 Å². The molecule has 0 saturated carbocycles. The minimum absolute atomic E-state index is 0.328. The summed E-state index contributed by atoms with van der Waals surface area (Å²) in [6.07, 6.45) is 1.89. The first-order valence-electron chi connectivity index (χ1n) is 5.36. The second-order valence-electron chi connectivity index (χ2n) is 3.44. The molecule has 0 rings (SSSR count). The van der Waals surface area contributed by atoms with Crippen molar-refractivity contribution in [1.29, 1.82) is 0 Å². The van der Waals surface area contributed by atoms with Gasteiger partial charge in [-0.15, -0.1) is 0 Å². The van der Waals surface area contributed by atoms with Crippen LogP contribution in [0.2, 0.25) is 0 Å². The molecule has 0 heterocycles. The van der Waals surface area contributed by atoms with Gasteiger partial charge < -0.3 is 15.4 Å². The van der Waals surface area contributed by atoms with Crippen LogP contribution in [0, 0.1) is 0 Å². The fourth-order valence-electron chi connectivity index (χ4n) is 1.07. The first kappa shape index (κ1) is 14.9. The van der Waals surface area contributed by atoms with Crippen LogP contribution < -0.4 is 16.0 Å². The summed E-state index contributed by atoms with van der Waals surface area (Å²) in [6, 6.07) is -0.863. The first-order chi connectivity index (χ1) is 7.61. The highest BCUT2D eigenvalue weighted by Crippen LogP contribution is 1.89. The minimum Gasteiger partial charge on any atom is -0.385 e. The second-order valence-corrected chi connectivity index (χ2v) is 3.44. The summed E-state index contributed by atoms with van der Waals surface area (Å²) in [6.45, 7) is 3.17. The molecule has 0 fully saturated rings. The molecule has 1 atom stereocenters. The van der Waals surface area contributed by atoms with Gasteiger partial charge in [-0.25, -0.2) is 4.79 Å². The number of methoxy groups -OCH3 is 1. The largest absolute Gasteiger partial charge is 0.385 e. The minimum atomic E-state index is -0.488. The number of imide groups is 1. The Balaban J connectivity index is 3.59. The van der Waals surface area contributed by atoms with Crippen molar-refractivity contribution in [2.75, 3.05) is 27.3 Å². The van der Waals surface area contributed by atoms with Gasteiger partial charge in [0.25, 0.3) is 0 Å². The lowest BCUT2D eigenvalue weighted by Crippen LogP contribution is -2.47. The summed E-state index contributed by atoms with van der Waals surface area (Å²) in [5.41, 5.74) is 0. The van der Waals surface area contributed by atoms with Gasteiger partial charge in [0.1, 0.15) is 0 Å². The molecule has 0 aliphatic heterocycles. The molecule has 0 spiro atoms. The van der Waals surface area contributed by atoms with Crippen LogP contribution >= 0.6 is 0 Å². The topological polar surface area (TPSA) is 79.5 Å². The van der Waals surface area contributed by atoms with E-state index in [4.69, 9.17) is 4.74 Å². The maximum atomic E-state index is 11.4. The average molecular weight is 231 g/mol. The lowest BCUT2D eigenvalue weighted by Gasteiger charge is -2.12. The fraction of sp³-hybridized carbons (Fsp3) is 0.800. The molecule has 6 nitrogen and oxygen atoms in total. The molecule has 6 heteroatoms. The van der Waals surface area contributed by atoms with Gasteiger partial charge in [0.05, 0.1) is 6.04 Å². The lowest BCUT2D eigenvalue weighted by atomic mass is 10.2. The van der Waals surface area contributed by atoms with Crippen molar-refractivity contribution in [2.24, 2.45) is 0 Å². The molecular weight excluding hydrogens is 210 g/mol. The van der Waals surface area contributed by atoms with Crippen molar-refractivity contribution in [3.63, 3.8) is 0 Å². The highest BCUT2D eigenvalue weighted by Gasteiger charge is 2.13. The van der Waals surface area contributed by atoms with Crippen molar-refractivity contribution >= 4 is 11.9 Å². The molecule has 3 N–H and O–H groups in total. The third-order valence-electron chi connectivity index (χ3n) is 2.08. The molecule has 94 valence electrons. The molecule has 16 heavy (non-hydrogen) atoms. The van der Waals surface area contributed by atoms with E-state index in [9.17, 15) is 9.59 Å². The predicted molar refractivity (Wildman–Crippen MR) is 61.2 cm³/mol. The third-order valence-corrected chi connectivity index (χ3v) is 2.08. The summed E-state index contributed by atoms with van der Waals surface area (Å²) >= 11 is 0. The van der Waals surface area contributed by atoms with Crippen molar-refractivity contribution in [3.8, 4) is 0 Å². The Hall–Kier alpha value is -1.14. The van der Waals surface area contributed by atoms with Gasteiger partial charge in [0, 0.05) is 20.8 Å². The zero-order chi connectivity index (χ0) is 12.4. The molecule has 0 bridgehead atoms. The maximum absolute atomic E-state index is 11.4. The number of unbranched alkanes of at least 4 members (excludes halogenated alkanes) is 1. The van der Waals surface area contributed by atoms with Crippen LogP contribution in [-0.2, 0) is 9.53 Å². The molecule has 0 aliphatic carbocycles. The molecule has 0 aromatic heterocycles. The van der Waals surface area contributed by atoms with Gasteiger partial charge in [-0.05, 0) is 26.3 Å². The number of carbonyl (C=O) groups is 2. The molecular formula is C10H21N3O3. The number of ether oxygens (including phenoxy) is 1. The monoisotopic (exact) mass is 231 g/mol. The summed E-state index contributed by atoms with van der Waals surface area (Å²) in [7, 11) is 3.12. The van der Waals surface area contributed by atoms with Gasteiger partial charge in [-0.1, -0.05) is 0 Å². The van der Waals surface area contributed by atoms with Crippen LogP contribution in [-0.4, -0.2) is 45.3 Å². The van der Waals surface area contributed by atoms with E-state index in [-0.39, 0.29) is 11.9 Å². The number of urea groups is 1. The zero-order valence-corrected chi connectivity index (χ0v) is 10.1. The SMILES string of the molecule is CNC(=O)NC(=O)C(C)NCCCCOC. The Morgan fingerprint density at radius 1 is 1.31 bits per heavy atom. The molecule has 0 radical (unpaired) electrons. The van der Waals surface area contributed by atoms with E-state index in [0.717, 1.165) is 26.0 Å². The van der Waals surface area contributed by atoms with Crippen LogP contribution in [0.5, 0.6) is 0 Å². The fourth-order valence-corrected chi connectivity index (χ4v) is 1.07. The molecule has 0 aromatic rings. The van der Waals surface area contributed by atoms with E-state index in [1.807, 2.05) is 0 Å². The van der Waals surface area contributed by atoms with Crippen LogP contribution in [0.25, 0.3) is 0 Å². The average Bonchev–Trinajstić information content (AvgIpc) is 2.28. The number of hydrogen-bond acceptors (Lipinski definition) is 4. The van der Waals surface area contributed by atoms with Gasteiger partial charge >= 0.3 is 6.03 Å². The van der Waals surface area contributed by atoms with E-state index >= 15 is 0 Å². The van der Waals surface area contributed by atoms with Gasteiger partial charge in [0.2, 0.25) is 5.91 Å². The summed E-state index contributed by atoms with van der Waals surface area (Å²) in [4.78, 5) is 22.2. The molecule has 0 aliphatic rings. The lowest BCUT2D eigenvalue weighted by molar-refractivity contribution is -0.121. The molecule has 0 aromatic carbocycles. The number of hydrogen-bond donors (Lipinski definition) is 3. The van der Waals surface area contributed by atoms with Crippen LogP contribution in [0.1, 0.15) is 19.8 Å². The van der Waals surface area contributed by atoms with Crippen LogP contribution in [0.3, 0.4) is 0 Å². The van der Waals surface area contributed by atoms with Crippen molar-refractivity contribution in [3.05, 3.63) is 0 Å². The first-order valence-corrected chi connectivity index (χ1v) is 5.36. The van der Waals surface area contributed by atoms with E-state index in [0.29, 0.717) is 0 Å². The predicted octanol–water partition coefficient (Wildman–Crippen LogP) is -0.153. The normalized spacial score (nSPS) is 11.9. The third kappa shape index (κ3) is 7.19. The van der Waals surface area contributed by atoms with Gasteiger partial charge in [-0.2, -0.15) is 0 Å². The summed E-state index contributed by atoms with van der Waals surface area (Å²) in [5, 5.41) is 7.55. The number of carbonyl (C=O) groups excluding carboxylic acids is 2. The van der Waals surface area contributed by atoms with E-state index < -0.39 is 6.03 Å². The Morgan fingerprint density at radius 2 is 2.00 bits per heavy atom. The van der Waals surface area contributed by atoms with Gasteiger partial charge in [0.15, 0.2) is 0 Å². The highest BCUT2D eigenvalue weighted by molar-refractivity contribution is 5.96. The van der Waals surface area contributed by atoms with Crippen LogP contribution in [0.4, 0.5) is 4.79 Å². The standard InChI is InChI=1S/C10H21N3O3/c1-8(9(14)13-10(15)11-2)12-6-4-5-7-16-3/h8,12H,4-7H2,1-3H3,(H2,11,13,14,15). The van der Waals surface area contributed by atoms with E-state index in [1.54, 1.807) is 14.0 Å². The maximum Gasteiger partial charge on any atom is 0.321 e. The van der Waals surface area contributed by atoms with Crippen LogP contribution in [0.15, 0.2) is 0 Å². The Morgan fingerprint density at radius 3 is 2.56 bits per heavy atom. The number of nitrogens with one attached hydrogen (secondary N) is 3.